The van der Waals surface area contributed by atoms with Gasteiger partial charge < -0.3 is 9.13 Å². The summed E-state index contributed by atoms with van der Waals surface area (Å²) in [5, 5.41) is 4.53. The Kier molecular flexibility index (Phi) is 11.4. The zero-order valence-corrected chi connectivity index (χ0v) is 43.4. The molecule has 0 aliphatic heterocycles. The van der Waals surface area contributed by atoms with Crippen LogP contribution in [0, 0.1) is 0 Å². The summed E-state index contributed by atoms with van der Waals surface area (Å²) < 4.78 is 4.81. The number of nitrogens with zero attached hydrogens (tertiary/aromatic N) is 6. The molecule has 15 aromatic rings. The molecule has 4 aromatic heterocycles. The van der Waals surface area contributed by atoms with Crippen LogP contribution in [-0.2, 0) is 0 Å². The van der Waals surface area contributed by atoms with Gasteiger partial charge in [-0.25, -0.2) is 19.9 Å². The minimum Gasteiger partial charge on any atom is -0.309 e. The summed E-state index contributed by atoms with van der Waals surface area (Å²) in [7, 11) is 0. The number of rotatable bonds is 10. The Balaban J connectivity index is 1.12. The fraction of sp³-hybridized carbons (Fsp3) is 0. The van der Waals surface area contributed by atoms with Crippen molar-refractivity contribution in [2.45, 2.75) is 0 Å². The van der Waals surface area contributed by atoms with E-state index in [0.29, 0.717) is 11.6 Å². The Morgan fingerprint density at radius 3 is 0.887 bits per heavy atom. The third-order valence-electron chi connectivity index (χ3n) is 15.3. The zero-order valence-electron chi connectivity index (χ0n) is 43.4. The van der Waals surface area contributed by atoms with Gasteiger partial charge in [0.15, 0.2) is 11.6 Å². The average molecular weight is 1020 g/mol. The summed E-state index contributed by atoms with van der Waals surface area (Å²) in [6.45, 7) is 0. The van der Waals surface area contributed by atoms with E-state index in [1.165, 1.54) is 0 Å². The topological polar surface area (TPSA) is 61.4 Å². The van der Waals surface area contributed by atoms with E-state index in [-0.39, 0.29) is 0 Å². The minimum absolute atomic E-state index is 0.560. The lowest BCUT2D eigenvalue weighted by Gasteiger charge is -2.22. The number of hydrogen-bond donors (Lipinski definition) is 0. The fourth-order valence-electron chi connectivity index (χ4n) is 11.6. The average Bonchev–Trinajstić information content (AvgIpc) is 4.28. The van der Waals surface area contributed by atoms with Gasteiger partial charge in [-0.05, 0) is 82.9 Å². The van der Waals surface area contributed by atoms with Gasteiger partial charge in [0, 0.05) is 60.6 Å². The Hall–Kier alpha value is -10.8. The van der Waals surface area contributed by atoms with Crippen LogP contribution in [-0.4, -0.2) is 29.1 Å². The third-order valence-corrected chi connectivity index (χ3v) is 15.3. The number of aromatic nitrogens is 6. The van der Waals surface area contributed by atoms with E-state index < -0.39 is 0 Å². The fourth-order valence-corrected chi connectivity index (χ4v) is 11.6. The highest BCUT2D eigenvalue weighted by molar-refractivity contribution is 6.13. The Morgan fingerprint density at radius 2 is 0.512 bits per heavy atom. The van der Waals surface area contributed by atoms with Gasteiger partial charge in [-0.3, -0.25) is 0 Å². The van der Waals surface area contributed by atoms with Gasteiger partial charge in [-0.15, -0.1) is 0 Å². The standard InChI is InChI=1S/C74H48N6/c1-7-23-49(24-8-1)55-39-41-70-60(43-55)58-35-19-21-37-68(58)79(70)57-45-62(73-75-64(51-27-11-3-12-28-51)47-65(76-73)52-29-13-4-14-30-52)72(80-69-38-22-20-36-59(69)61-44-56(40-42-71(61)80)50-25-9-2-10-26-50)63(46-57)74-77-66(53-31-15-5-16-32-53)48-67(78-74)54-33-17-6-18-34-54/h1-48H. The van der Waals surface area contributed by atoms with E-state index in [9.17, 15) is 0 Å². The SMILES string of the molecule is c1ccc(-c2ccc3c(c2)c2ccccc2n3-c2cc(-c3nc(-c4ccccc4)cc(-c4ccccc4)n3)c(-n3c4ccccc4c4cc(-c5ccccc5)ccc43)c(-c3nc(-c4ccccc4)cc(-c4ccccc4)n3)c2)cc1. The Morgan fingerprint density at radius 1 is 0.212 bits per heavy atom. The predicted octanol–water partition coefficient (Wildman–Crippen LogP) is 18.8. The maximum Gasteiger partial charge on any atom is 0.162 e. The molecule has 0 bridgehead atoms. The first-order chi connectivity index (χ1) is 39.7. The number of para-hydroxylation sites is 2. The minimum atomic E-state index is 0.560. The maximum atomic E-state index is 5.67. The molecule has 0 saturated heterocycles. The highest BCUT2D eigenvalue weighted by atomic mass is 15.0. The quantitative estimate of drug-likeness (QED) is 0.137. The zero-order chi connectivity index (χ0) is 52.9. The van der Waals surface area contributed by atoms with Crippen LogP contribution in [0.4, 0.5) is 0 Å². The molecule has 4 heterocycles. The van der Waals surface area contributed by atoms with E-state index in [2.05, 4.69) is 276 Å². The third kappa shape index (κ3) is 8.22. The molecule has 0 aliphatic carbocycles. The first-order valence-corrected chi connectivity index (χ1v) is 27.0. The van der Waals surface area contributed by atoms with Crippen LogP contribution in [0.15, 0.2) is 291 Å². The second-order valence-electron chi connectivity index (χ2n) is 20.2. The van der Waals surface area contributed by atoms with Gasteiger partial charge >= 0.3 is 0 Å². The van der Waals surface area contributed by atoms with Crippen LogP contribution in [0.1, 0.15) is 0 Å². The summed E-state index contributed by atoms with van der Waals surface area (Å²) in [4.78, 5) is 22.7. The maximum absolute atomic E-state index is 5.67. The molecule has 0 amide bonds. The number of benzene rings is 11. The highest BCUT2D eigenvalue weighted by Crippen LogP contribution is 2.45. The lowest BCUT2D eigenvalue weighted by molar-refractivity contribution is 1.10. The van der Waals surface area contributed by atoms with Crippen molar-refractivity contribution in [3.05, 3.63) is 291 Å². The molecule has 374 valence electrons. The van der Waals surface area contributed by atoms with Crippen LogP contribution in [0.25, 0.3) is 145 Å². The van der Waals surface area contributed by atoms with Crippen LogP contribution in [0.2, 0.25) is 0 Å². The largest absolute Gasteiger partial charge is 0.309 e. The lowest BCUT2D eigenvalue weighted by atomic mass is 10.00. The molecule has 6 heteroatoms. The molecule has 0 aliphatic rings. The Labute approximate surface area is 462 Å². The summed E-state index contributed by atoms with van der Waals surface area (Å²) in [5.74, 6) is 1.12. The lowest BCUT2D eigenvalue weighted by Crippen LogP contribution is -2.08. The first kappa shape index (κ1) is 46.5. The second-order valence-corrected chi connectivity index (χ2v) is 20.2. The van der Waals surface area contributed by atoms with Gasteiger partial charge in [-0.1, -0.05) is 231 Å². The van der Waals surface area contributed by atoms with Crippen molar-refractivity contribution in [1.29, 1.82) is 0 Å². The molecule has 0 radical (unpaired) electrons. The van der Waals surface area contributed by atoms with Crippen molar-refractivity contribution in [3.63, 3.8) is 0 Å². The molecule has 0 N–H and O–H groups in total. The molecule has 0 fully saturated rings. The smallest absolute Gasteiger partial charge is 0.162 e. The van der Waals surface area contributed by atoms with Crippen molar-refractivity contribution >= 4 is 43.6 Å². The van der Waals surface area contributed by atoms with Gasteiger partial charge in [-0.2, -0.15) is 0 Å². The van der Waals surface area contributed by atoms with Crippen LogP contribution >= 0.6 is 0 Å². The Bertz CT molecular complexity index is 4520. The van der Waals surface area contributed by atoms with Crippen molar-refractivity contribution < 1.29 is 0 Å². The predicted molar refractivity (Wildman–Crippen MR) is 330 cm³/mol. The first-order valence-electron chi connectivity index (χ1n) is 27.0. The van der Waals surface area contributed by atoms with Crippen molar-refractivity contribution in [2.75, 3.05) is 0 Å². The molecular formula is C74H48N6. The van der Waals surface area contributed by atoms with Gasteiger partial charge in [0.1, 0.15) is 0 Å². The van der Waals surface area contributed by atoms with Gasteiger partial charge in [0.2, 0.25) is 0 Å². The molecule has 15 rings (SSSR count). The van der Waals surface area contributed by atoms with E-state index in [0.717, 1.165) is 133 Å². The van der Waals surface area contributed by atoms with Crippen LogP contribution in [0.5, 0.6) is 0 Å². The molecule has 0 spiro atoms. The second kappa shape index (κ2) is 19.6. The molecule has 80 heavy (non-hydrogen) atoms. The summed E-state index contributed by atoms with van der Waals surface area (Å²) >= 11 is 0. The normalized spacial score (nSPS) is 11.5. The number of fused-ring (bicyclic) bond motifs is 6. The molecular weight excluding hydrogens is 973 g/mol. The van der Waals surface area contributed by atoms with Gasteiger partial charge in [0.25, 0.3) is 0 Å². The molecule has 0 saturated carbocycles. The molecule has 11 aromatic carbocycles. The summed E-state index contributed by atoms with van der Waals surface area (Å²) in [6.07, 6.45) is 0. The monoisotopic (exact) mass is 1020 g/mol. The molecule has 0 unspecified atom stereocenters. The van der Waals surface area contributed by atoms with E-state index >= 15 is 0 Å². The van der Waals surface area contributed by atoms with E-state index in [4.69, 9.17) is 19.9 Å². The van der Waals surface area contributed by atoms with E-state index in [1.54, 1.807) is 0 Å². The van der Waals surface area contributed by atoms with E-state index in [1.807, 2.05) is 24.3 Å². The summed E-state index contributed by atoms with van der Waals surface area (Å²) in [5.41, 5.74) is 19.3. The van der Waals surface area contributed by atoms with Crippen molar-refractivity contribution in [2.24, 2.45) is 0 Å². The van der Waals surface area contributed by atoms with Crippen LogP contribution in [0.3, 0.4) is 0 Å². The van der Waals surface area contributed by atoms with Gasteiger partial charge in [0.05, 0.1) is 50.5 Å². The number of hydrogen-bond acceptors (Lipinski definition) is 4. The van der Waals surface area contributed by atoms with Crippen molar-refractivity contribution in [1.82, 2.24) is 29.1 Å². The highest BCUT2D eigenvalue weighted by Gasteiger charge is 2.27. The molecule has 0 atom stereocenters. The van der Waals surface area contributed by atoms with Crippen LogP contribution < -0.4 is 0 Å². The summed E-state index contributed by atoms with van der Waals surface area (Å²) in [6, 6.07) is 103. The van der Waals surface area contributed by atoms with Crippen molar-refractivity contribution in [3.8, 4) is 101 Å². The molecule has 6 nitrogen and oxygen atoms in total.